The van der Waals surface area contributed by atoms with Gasteiger partial charge in [-0.15, -0.1) is 0 Å². The molecule has 2 heterocycles. The predicted octanol–water partition coefficient (Wildman–Crippen LogP) is 2.43. The van der Waals surface area contributed by atoms with E-state index >= 15 is 0 Å². The van der Waals surface area contributed by atoms with Crippen LogP contribution in [0.2, 0.25) is 0 Å². The van der Waals surface area contributed by atoms with E-state index in [4.69, 9.17) is 5.73 Å². The highest BCUT2D eigenvalue weighted by atomic mass is 15.2. The molecular formula is C13H21N3. The molecule has 88 valence electrons. The van der Waals surface area contributed by atoms with Crippen LogP contribution in [0.4, 0.5) is 5.82 Å². The number of hydrogen-bond donors (Lipinski definition) is 1. The summed E-state index contributed by atoms with van der Waals surface area (Å²) >= 11 is 0. The Labute approximate surface area is 97.7 Å². The number of likely N-dealkylation sites (tertiary alicyclic amines) is 1. The molecule has 0 amide bonds. The molecule has 1 aromatic heterocycles. The SMILES string of the molecule is CC1CCCC(C)N1Cc1ccnc(N)c1. The van der Waals surface area contributed by atoms with Crippen molar-refractivity contribution < 1.29 is 0 Å². The number of rotatable bonds is 2. The standard InChI is InChI=1S/C13H21N3/c1-10-4-3-5-11(2)16(10)9-12-6-7-15-13(14)8-12/h6-8,10-11H,3-5,9H2,1-2H3,(H2,14,15). The van der Waals surface area contributed by atoms with Gasteiger partial charge in [0, 0.05) is 24.8 Å². The van der Waals surface area contributed by atoms with Gasteiger partial charge in [0.2, 0.25) is 0 Å². The lowest BCUT2D eigenvalue weighted by Gasteiger charge is -2.39. The molecule has 1 aliphatic heterocycles. The third-order valence-corrected chi connectivity index (χ3v) is 3.59. The maximum Gasteiger partial charge on any atom is 0.123 e. The first kappa shape index (κ1) is 11.4. The van der Waals surface area contributed by atoms with E-state index in [2.05, 4.69) is 29.8 Å². The van der Waals surface area contributed by atoms with Crippen molar-refractivity contribution >= 4 is 5.82 Å². The van der Waals surface area contributed by atoms with E-state index in [-0.39, 0.29) is 0 Å². The van der Waals surface area contributed by atoms with Gasteiger partial charge in [0.05, 0.1) is 0 Å². The van der Waals surface area contributed by atoms with Crippen molar-refractivity contribution in [1.29, 1.82) is 0 Å². The zero-order valence-electron chi connectivity index (χ0n) is 10.2. The van der Waals surface area contributed by atoms with Crippen LogP contribution in [-0.2, 0) is 6.54 Å². The molecule has 3 heteroatoms. The average molecular weight is 219 g/mol. The summed E-state index contributed by atoms with van der Waals surface area (Å²) in [4.78, 5) is 6.60. The fourth-order valence-corrected chi connectivity index (χ4v) is 2.59. The van der Waals surface area contributed by atoms with Crippen LogP contribution in [0.3, 0.4) is 0 Å². The third kappa shape index (κ3) is 2.53. The molecular weight excluding hydrogens is 198 g/mol. The van der Waals surface area contributed by atoms with Gasteiger partial charge in [-0.1, -0.05) is 6.42 Å². The topological polar surface area (TPSA) is 42.2 Å². The quantitative estimate of drug-likeness (QED) is 0.830. The number of aromatic nitrogens is 1. The Balaban J connectivity index is 2.07. The molecule has 0 aliphatic carbocycles. The van der Waals surface area contributed by atoms with Crippen LogP contribution in [0.5, 0.6) is 0 Å². The number of nitrogen functional groups attached to an aromatic ring is 1. The summed E-state index contributed by atoms with van der Waals surface area (Å²) in [6, 6.07) is 5.40. The molecule has 0 radical (unpaired) electrons. The summed E-state index contributed by atoms with van der Waals surface area (Å²) in [5.41, 5.74) is 6.97. The van der Waals surface area contributed by atoms with Crippen molar-refractivity contribution in [3.05, 3.63) is 23.9 Å². The normalized spacial score (nSPS) is 26.9. The van der Waals surface area contributed by atoms with Crippen molar-refractivity contribution in [3.8, 4) is 0 Å². The summed E-state index contributed by atoms with van der Waals surface area (Å²) in [6.07, 6.45) is 5.77. The summed E-state index contributed by atoms with van der Waals surface area (Å²) in [5.74, 6) is 0.620. The maximum atomic E-state index is 5.70. The molecule has 0 saturated carbocycles. The number of pyridine rings is 1. The van der Waals surface area contributed by atoms with Crippen LogP contribution in [0, 0.1) is 0 Å². The van der Waals surface area contributed by atoms with Crippen LogP contribution in [0.1, 0.15) is 38.7 Å². The fraction of sp³-hybridized carbons (Fsp3) is 0.615. The van der Waals surface area contributed by atoms with Crippen LogP contribution >= 0.6 is 0 Å². The molecule has 3 nitrogen and oxygen atoms in total. The van der Waals surface area contributed by atoms with E-state index < -0.39 is 0 Å². The van der Waals surface area contributed by atoms with Gasteiger partial charge >= 0.3 is 0 Å². The van der Waals surface area contributed by atoms with Gasteiger partial charge in [-0.05, 0) is 44.4 Å². The Morgan fingerprint density at radius 3 is 2.69 bits per heavy atom. The van der Waals surface area contributed by atoms with Gasteiger partial charge in [0.1, 0.15) is 5.82 Å². The van der Waals surface area contributed by atoms with Crippen molar-refractivity contribution in [2.45, 2.75) is 51.7 Å². The van der Waals surface area contributed by atoms with Gasteiger partial charge in [-0.3, -0.25) is 4.90 Å². The molecule has 2 unspecified atom stereocenters. The molecule has 16 heavy (non-hydrogen) atoms. The van der Waals surface area contributed by atoms with Crippen LogP contribution in [-0.4, -0.2) is 22.0 Å². The Hall–Kier alpha value is -1.09. The van der Waals surface area contributed by atoms with Gasteiger partial charge < -0.3 is 5.73 Å². The largest absolute Gasteiger partial charge is 0.384 e. The molecule has 0 aromatic carbocycles. The highest BCUT2D eigenvalue weighted by molar-refractivity contribution is 5.31. The van der Waals surface area contributed by atoms with Crippen molar-refractivity contribution in [1.82, 2.24) is 9.88 Å². The van der Waals surface area contributed by atoms with Crippen LogP contribution in [0.15, 0.2) is 18.3 Å². The minimum Gasteiger partial charge on any atom is -0.384 e. The lowest BCUT2D eigenvalue weighted by Crippen LogP contribution is -2.42. The van der Waals surface area contributed by atoms with E-state index in [1.807, 2.05) is 6.07 Å². The van der Waals surface area contributed by atoms with Crippen molar-refractivity contribution in [2.75, 3.05) is 5.73 Å². The molecule has 1 fully saturated rings. The highest BCUT2D eigenvalue weighted by Gasteiger charge is 2.24. The van der Waals surface area contributed by atoms with Crippen molar-refractivity contribution in [3.63, 3.8) is 0 Å². The number of nitrogens with zero attached hydrogens (tertiary/aromatic N) is 2. The molecule has 1 aliphatic rings. The molecule has 2 N–H and O–H groups in total. The van der Waals surface area contributed by atoms with E-state index in [1.165, 1.54) is 24.8 Å². The Morgan fingerprint density at radius 1 is 1.38 bits per heavy atom. The Bertz CT molecular complexity index is 341. The van der Waals surface area contributed by atoms with Gasteiger partial charge in [-0.2, -0.15) is 0 Å². The van der Waals surface area contributed by atoms with Crippen LogP contribution < -0.4 is 5.73 Å². The first-order chi connectivity index (χ1) is 7.66. The zero-order valence-corrected chi connectivity index (χ0v) is 10.2. The first-order valence-electron chi connectivity index (χ1n) is 6.13. The van der Waals surface area contributed by atoms with E-state index in [9.17, 15) is 0 Å². The Kier molecular flexibility index (Phi) is 3.44. The molecule has 1 aromatic rings. The van der Waals surface area contributed by atoms with Gasteiger partial charge in [-0.25, -0.2) is 4.98 Å². The second-order valence-electron chi connectivity index (χ2n) is 4.89. The maximum absolute atomic E-state index is 5.70. The third-order valence-electron chi connectivity index (χ3n) is 3.59. The summed E-state index contributed by atoms with van der Waals surface area (Å²) < 4.78 is 0. The first-order valence-corrected chi connectivity index (χ1v) is 6.13. The molecule has 2 rings (SSSR count). The molecule has 0 bridgehead atoms. The highest BCUT2D eigenvalue weighted by Crippen LogP contribution is 2.24. The number of nitrogens with two attached hydrogens (primary N) is 1. The summed E-state index contributed by atoms with van der Waals surface area (Å²) in [5, 5.41) is 0. The molecule has 0 spiro atoms. The minimum absolute atomic E-state index is 0.620. The summed E-state index contributed by atoms with van der Waals surface area (Å²) in [7, 11) is 0. The van der Waals surface area contributed by atoms with Gasteiger partial charge in [0.15, 0.2) is 0 Å². The number of hydrogen-bond acceptors (Lipinski definition) is 3. The van der Waals surface area contributed by atoms with Gasteiger partial charge in [0.25, 0.3) is 0 Å². The number of anilines is 1. The minimum atomic E-state index is 0.620. The summed E-state index contributed by atoms with van der Waals surface area (Å²) in [6.45, 7) is 5.63. The second kappa shape index (κ2) is 4.83. The molecule has 2 atom stereocenters. The predicted molar refractivity (Wildman–Crippen MR) is 67.0 cm³/mol. The van der Waals surface area contributed by atoms with E-state index in [1.54, 1.807) is 6.20 Å². The lowest BCUT2D eigenvalue weighted by atomic mass is 9.97. The monoisotopic (exact) mass is 219 g/mol. The lowest BCUT2D eigenvalue weighted by molar-refractivity contribution is 0.0953. The number of piperidine rings is 1. The van der Waals surface area contributed by atoms with Crippen LogP contribution in [0.25, 0.3) is 0 Å². The smallest absolute Gasteiger partial charge is 0.123 e. The van der Waals surface area contributed by atoms with E-state index in [0.717, 1.165) is 6.54 Å². The Morgan fingerprint density at radius 2 is 2.06 bits per heavy atom. The second-order valence-corrected chi connectivity index (χ2v) is 4.89. The fourth-order valence-electron chi connectivity index (χ4n) is 2.59. The molecule has 1 saturated heterocycles. The zero-order chi connectivity index (χ0) is 11.5. The van der Waals surface area contributed by atoms with E-state index in [0.29, 0.717) is 17.9 Å². The average Bonchev–Trinajstić information content (AvgIpc) is 2.24. The van der Waals surface area contributed by atoms with Crippen molar-refractivity contribution in [2.24, 2.45) is 0 Å².